The summed E-state index contributed by atoms with van der Waals surface area (Å²) in [5.74, 6) is 1.73. The Hall–Kier alpha value is -3.64. The molecule has 2 heterocycles. The van der Waals surface area contributed by atoms with Crippen LogP contribution < -0.4 is 10.4 Å². The Balaban J connectivity index is 1.27. The molecule has 33 heavy (non-hydrogen) atoms. The van der Waals surface area contributed by atoms with E-state index in [9.17, 15) is 4.79 Å². The van der Waals surface area contributed by atoms with Gasteiger partial charge in [-0.2, -0.15) is 4.68 Å². The van der Waals surface area contributed by atoms with Crippen molar-refractivity contribution >= 4 is 0 Å². The van der Waals surface area contributed by atoms with Gasteiger partial charge < -0.3 is 4.74 Å². The predicted molar refractivity (Wildman–Crippen MR) is 130 cm³/mol. The zero-order valence-corrected chi connectivity index (χ0v) is 18.8. The van der Waals surface area contributed by atoms with Gasteiger partial charge in [0, 0.05) is 19.0 Å². The Bertz CT molecular complexity index is 1240. The molecule has 5 rings (SSSR count). The molecule has 3 aromatic carbocycles. The van der Waals surface area contributed by atoms with E-state index in [2.05, 4.69) is 63.5 Å². The summed E-state index contributed by atoms with van der Waals surface area (Å²) in [6.45, 7) is 2.84. The quantitative estimate of drug-likeness (QED) is 0.475. The van der Waals surface area contributed by atoms with Crippen molar-refractivity contribution < 1.29 is 4.74 Å². The molecule has 0 saturated carbocycles. The predicted octanol–water partition coefficient (Wildman–Crippen LogP) is 4.62. The fourth-order valence-corrected chi connectivity index (χ4v) is 4.54. The number of piperidine rings is 1. The maximum atomic E-state index is 12.6. The van der Waals surface area contributed by atoms with Crippen LogP contribution >= 0.6 is 0 Å². The zero-order chi connectivity index (χ0) is 22.6. The molecule has 168 valence electrons. The van der Waals surface area contributed by atoms with Gasteiger partial charge in [-0.3, -0.25) is 9.88 Å². The van der Waals surface area contributed by atoms with Crippen molar-refractivity contribution in [1.29, 1.82) is 0 Å². The average molecular weight is 441 g/mol. The van der Waals surface area contributed by atoms with E-state index in [1.165, 1.54) is 21.4 Å². The van der Waals surface area contributed by atoms with Crippen molar-refractivity contribution in [2.24, 2.45) is 0 Å². The second-order valence-corrected chi connectivity index (χ2v) is 8.56. The van der Waals surface area contributed by atoms with Gasteiger partial charge in [0.1, 0.15) is 11.6 Å². The Labute approximate surface area is 193 Å². The van der Waals surface area contributed by atoms with Crippen LogP contribution in [0.25, 0.3) is 16.8 Å². The van der Waals surface area contributed by atoms with E-state index in [1.807, 2.05) is 30.3 Å². The van der Waals surface area contributed by atoms with Crippen LogP contribution in [-0.4, -0.2) is 39.9 Å². The van der Waals surface area contributed by atoms with E-state index < -0.39 is 0 Å². The Morgan fingerprint density at radius 3 is 2.42 bits per heavy atom. The lowest BCUT2D eigenvalue weighted by Crippen LogP contribution is -2.34. The summed E-state index contributed by atoms with van der Waals surface area (Å²) >= 11 is 0. The van der Waals surface area contributed by atoms with Gasteiger partial charge in [-0.05, 0) is 60.3 Å². The van der Waals surface area contributed by atoms with Crippen LogP contribution in [0.15, 0.2) is 83.7 Å². The molecule has 6 nitrogen and oxygen atoms in total. The van der Waals surface area contributed by atoms with Crippen LogP contribution in [-0.2, 0) is 6.54 Å². The highest BCUT2D eigenvalue weighted by atomic mass is 16.5. The van der Waals surface area contributed by atoms with Gasteiger partial charge in [0.05, 0.1) is 12.8 Å². The largest absolute Gasteiger partial charge is 0.497 e. The minimum atomic E-state index is -0.205. The number of H-pyrrole nitrogens is 1. The van der Waals surface area contributed by atoms with E-state index in [0.717, 1.165) is 49.7 Å². The third-order valence-electron chi connectivity index (χ3n) is 6.31. The first-order valence-corrected chi connectivity index (χ1v) is 11.4. The van der Waals surface area contributed by atoms with E-state index in [0.29, 0.717) is 0 Å². The lowest BCUT2D eigenvalue weighted by Gasteiger charge is -2.31. The smallest absolute Gasteiger partial charge is 0.348 e. The van der Waals surface area contributed by atoms with Gasteiger partial charge in [0.2, 0.25) is 0 Å². The number of aromatic nitrogens is 3. The second kappa shape index (κ2) is 9.46. The first-order chi connectivity index (χ1) is 16.2. The lowest BCUT2D eigenvalue weighted by atomic mass is 9.96. The van der Waals surface area contributed by atoms with E-state index >= 15 is 0 Å². The average Bonchev–Trinajstić information content (AvgIpc) is 3.27. The maximum absolute atomic E-state index is 12.6. The fourth-order valence-electron chi connectivity index (χ4n) is 4.54. The van der Waals surface area contributed by atoms with Crippen molar-refractivity contribution in [2.45, 2.75) is 25.3 Å². The number of hydrogen-bond acceptors (Lipinski definition) is 4. The standard InChI is InChI=1S/C27H28N4O2/c1-33-25-15-13-24(14-16-25)31-27(32)28-26(29-31)23-8-5-17-30(19-23)18-20-9-11-22(12-10-20)21-6-3-2-4-7-21/h2-4,6-7,9-16,23H,5,8,17-19H2,1H3,(H,28,29,32). The molecule has 4 aromatic rings. The topological polar surface area (TPSA) is 63.1 Å². The molecule has 1 unspecified atom stereocenters. The SMILES string of the molecule is COc1ccc(-n2nc(C3CCCN(Cc4ccc(-c5ccccc5)cc4)C3)[nH]c2=O)cc1. The molecule has 1 aliphatic heterocycles. The summed E-state index contributed by atoms with van der Waals surface area (Å²) in [6, 6.07) is 26.6. The molecule has 0 aliphatic carbocycles. The number of ether oxygens (including phenoxy) is 1. The van der Waals surface area contributed by atoms with Gasteiger partial charge in [-0.25, -0.2) is 4.79 Å². The number of nitrogens with zero attached hydrogens (tertiary/aromatic N) is 3. The highest BCUT2D eigenvalue weighted by molar-refractivity contribution is 5.63. The van der Waals surface area contributed by atoms with Gasteiger partial charge in [-0.1, -0.05) is 54.6 Å². The normalized spacial score (nSPS) is 16.6. The summed E-state index contributed by atoms with van der Waals surface area (Å²) in [5.41, 5.74) is 4.29. The van der Waals surface area contributed by atoms with E-state index in [4.69, 9.17) is 4.74 Å². The van der Waals surface area contributed by atoms with Crippen molar-refractivity contribution in [2.75, 3.05) is 20.2 Å². The van der Waals surface area contributed by atoms with Crippen molar-refractivity contribution in [3.05, 3.63) is 101 Å². The van der Waals surface area contributed by atoms with E-state index in [1.54, 1.807) is 7.11 Å². The first-order valence-electron chi connectivity index (χ1n) is 11.4. The van der Waals surface area contributed by atoms with E-state index in [-0.39, 0.29) is 11.6 Å². The summed E-state index contributed by atoms with van der Waals surface area (Å²) in [6.07, 6.45) is 2.11. The molecule has 0 bridgehead atoms. The molecule has 1 saturated heterocycles. The summed E-state index contributed by atoms with van der Waals surface area (Å²) in [5, 5.41) is 4.63. The number of aromatic amines is 1. The maximum Gasteiger partial charge on any atom is 0.348 e. The number of rotatable bonds is 6. The molecular formula is C27H28N4O2. The monoisotopic (exact) mass is 440 g/mol. The van der Waals surface area contributed by atoms with Crippen LogP contribution in [0.4, 0.5) is 0 Å². The lowest BCUT2D eigenvalue weighted by molar-refractivity contribution is 0.196. The minimum absolute atomic E-state index is 0.205. The number of nitrogens with one attached hydrogen (secondary N) is 1. The molecular weight excluding hydrogens is 412 g/mol. The number of methoxy groups -OCH3 is 1. The molecule has 0 radical (unpaired) electrons. The van der Waals surface area contributed by atoms with Crippen LogP contribution in [0.2, 0.25) is 0 Å². The van der Waals surface area contributed by atoms with Crippen LogP contribution in [0.3, 0.4) is 0 Å². The Morgan fingerprint density at radius 1 is 0.970 bits per heavy atom. The van der Waals surface area contributed by atoms with Crippen molar-refractivity contribution in [3.8, 4) is 22.6 Å². The minimum Gasteiger partial charge on any atom is -0.497 e. The van der Waals surface area contributed by atoms with Crippen LogP contribution in [0.5, 0.6) is 5.75 Å². The van der Waals surface area contributed by atoms with Gasteiger partial charge in [0.25, 0.3) is 0 Å². The third kappa shape index (κ3) is 4.76. The third-order valence-corrected chi connectivity index (χ3v) is 6.31. The number of likely N-dealkylation sites (tertiary alicyclic amines) is 1. The van der Waals surface area contributed by atoms with Crippen LogP contribution in [0.1, 0.15) is 30.1 Å². The number of benzene rings is 3. The Morgan fingerprint density at radius 2 is 1.70 bits per heavy atom. The highest BCUT2D eigenvalue weighted by Crippen LogP contribution is 2.26. The molecule has 0 spiro atoms. The van der Waals surface area contributed by atoms with Gasteiger partial charge in [0.15, 0.2) is 0 Å². The zero-order valence-electron chi connectivity index (χ0n) is 18.8. The van der Waals surface area contributed by atoms with Gasteiger partial charge >= 0.3 is 5.69 Å². The molecule has 1 atom stereocenters. The van der Waals surface area contributed by atoms with Crippen molar-refractivity contribution in [3.63, 3.8) is 0 Å². The highest BCUT2D eigenvalue weighted by Gasteiger charge is 2.25. The molecule has 0 amide bonds. The summed E-state index contributed by atoms with van der Waals surface area (Å²) in [7, 11) is 1.63. The molecule has 1 fully saturated rings. The molecule has 6 heteroatoms. The molecule has 1 N–H and O–H groups in total. The van der Waals surface area contributed by atoms with Crippen molar-refractivity contribution in [1.82, 2.24) is 19.7 Å². The fraction of sp³-hybridized carbons (Fsp3) is 0.259. The van der Waals surface area contributed by atoms with Gasteiger partial charge in [-0.15, -0.1) is 5.10 Å². The van der Waals surface area contributed by atoms with Crippen LogP contribution in [0, 0.1) is 0 Å². The molecule has 1 aliphatic rings. The summed E-state index contributed by atoms with van der Waals surface area (Å²) < 4.78 is 6.64. The number of hydrogen-bond donors (Lipinski definition) is 1. The Kier molecular flexibility index (Phi) is 6.09. The summed E-state index contributed by atoms with van der Waals surface area (Å²) in [4.78, 5) is 18.0. The first kappa shape index (κ1) is 21.2. The second-order valence-electron chi connectivity index (χ2n) is 8.56. The molecule has 1 aromatic heterocycles.